The summed E-state index contributed by atoms with van der Waals surface area (Å²) in [7, 11) is 0. The highest BCUT2D eigenvalue weighted by Crippen LogP contribution is 2.17. The fourth-order valence-corrected chi connectivity index (χ4v) is 1.72. The van der Waals surface area contributed by atoms with Crippen molar-refractivity contribution in [3.8, 4) is 0 Å². The minimum Gasteiger partial charge on any atom is -0.458 e. The summed E-state index contributed by atoms with van der Waals surface area (Å²) >= 11 is 0. The molecule has 0 aliphatic heterocycles. The number of ether oxygens (including phenoxy) is 1. The van der Waals surface area contributed by atoms with Crippen molar-refractivity contribution in [3.63, 3.8) is 0 Å². The predicted molar refractivity (Wildman–Crippen MR) is 70.4 cm³/mol. The summed E-state index contributed by atoms with van der Waals surface area (Å²) in [5.74, 6) is 0.349. The Morgan fingerprint density at radius 2 is 1.82 bits per heavy atom. The zero-order chi connectivity index (χ0) is 12.1. The Kier molecular flexibility index (Phi) is 6.81. The molecular weight excluding hydrogens is 238 g/mol. The molecule has 0 aliphatic carbocycles. The molecule has 4 heteroatoms. The van der Waals surface area contributed by atoms with E-state index in [0.717, 1.165) is 0 Å². The largest absolute Gasteiger partial charge is 0.458 e. The summed E-state index contributed by atoms with van der Waals surface area (Å²) in [6, 6.07) is 3.45. The third-order valence-electron chi connectivity index (χ3n) is 2.45. The first kappa shape index (κ1) is 15.9. The molecule has 1 rings (SSSR count). The van der Waals surface area contributed by atoms with Crippen LogP contribution in [-0.2, 0) is 4.74 Å². The van der Waals surface area contributed by atoms with Gasteiger partial charge in [-0.15, -0.1) is 12.4 Å². The molecule has 17 heavy (non-hydrogen) atoms. The van der Waals surface area contributed by atoms with Crippen molar-refractivity contribution in [1.29, 1.82) is 0 Å². The van der Waals surface area contributed by atoms with Crippen LogP contribution in [0.1, 0.15) is 38.1 Å². The lowest BCUT2D eigenvalue weighted by Gasteiger charge is -2.24. The average Bonchev–Trinajstić information content (AvgIpc) is 2.25. The van der Waals surface area contributed by atoms with Gasteiger partial charge in [0.15, 0.2) is 0 Å². The quantitative estimate of drug-likeness (QED) is 0.777. The highest BCUT2D eigenvalue weighted by Gasteiger charge is 2.22. The van der Waals surface area contributed by atoms with Crippen molar-refractivity contribution in [3.05, 3.63) is 30.1 Å². The van der Waals surface area contributed by atoms with Crippen molar-refractivity contribution < 1.29 is 9.53 Å². The fraction of sp³-hybridized carbons (Fsp3) is 0.538. The first-order valence-corrected chi connectivity index (χ1v) is 5.63. The van der Waals surface area contributed by atoms with Gasteiger partial charge in [-0.2, -0.15) is 0 Å². The molecular formula is C13H20ClNO2. The number of hydrogen-bond donors (Lipinski definition) is 0. The molecule has 0 fully saturated rings. The Bertz CT molecular complexity index is 331. The van der Waals surface area contributed by atoms with Gasteiger partial charge in [-0.3, -0.25) is 4.98 Å². The first-order chi connectivity index (χ1) is 7.52. The first-order valence-electron chi connectivity index (χ1n) is 5.63. The van der Waals surface area contributed by atoms with Crippen LogP contribution in [0.5, 0.6) is 0 Å². The number of pyridine rings is 1. The number of aromatic nitrogens is 1. The van der Waals surface area contributed by atoms with Crippen molar-refractivity contribution in [2.45, 2.75) is 33.8 Å². The zero-order valence-corrected chi connectivity index (χ0v) is 11.5. The molecule has 0 saturated heterocycles. The molecule has 96 valence electrons. The summed E-state index contributed by atoms with van der Waals surface area (Å²) in [6.45, 7) is 8.23. The summed E-state index contributed by atoms with van der Waals surface area (Å²) < 4.78 is 5.48. The molecule has 0 saturated carbocycles. The Hall–Kier alpha value is -1.09. The number of hydrogen-bond acceptors (Lipinski definition) is 3. The Morgan fingerprint density at radius 1 is 1.24 bits per heavy atom. The van der Waals surface area contributed by atoms with Crippen LogP contribution in [0.2, 0.25) is 0 Å². The molecule has 0 spiro atoms. The van der Waals surface area contributed by atoms with Gasteiger partial charge in [-0.1, -0.05) is 27.7 Å². The standard InChI is InChI=1S/C13H19NO2.ClH/c1-9(2)12(10(3)4)16-13(15)11-6-5-7-14-8-11;/h5-10,12H,1-4H3;1H. The second-order valence-corrected chi connectivity index (χ2v) is 4.60. The van der Waals surface area contributed by atoms with Crippen LogP contribution in [0.25, 0.3) is 0 Å². The van der Waals surface area contributed by atoms with Gasteiger partial charge >= 0.3 is 5.97 Å². The molecule has 0 N–H and O–H groups in total. The SMILES string of the molecule is CC(C)C(OC(=O)c1cccnc1)C(C)C.Cl. The van der Waals surface area contributed by atoms with Gasteiger partial charge in [-0.05, 0) is 24.0 Å². The zero-order valence-electron chi connectivity index (χ0n) is 10.7. The maximum Gasteiger partial charge on any atom is 0.339 e. The molecule has 0 atom stereocenters. The second-order valence-electron chi connectivity index (χ2n) is 4.60. The van der Waals surface area contributed by atoms with E-state index in [1.807, 2.05) is 0 Å². The maximum absolute atomic E-state index is 11.8. The van der Waals surface area contributed by atoms with E-state index >= 15 is 0 Å². The minimum absolute atomic E-state index is 0. The molecule has 0 amide bonds. The highest BCUT2D eigenvalue weighted by molar-refractivity contribution is 5.89. The molecule has 0 aliphatic rings. The van der Waals surface area contributed by atoms with Crippen molar-refractivity contribution in [2.75, 3.05) is 0 Å². The molecule has 3 nitrogen and oxygen atoms in total. The minimum atomic E-state index is -0.291. The summed E-state index contributed by atoms with van der Waals surface area (Å²) in [4.78, 5) is 15.7. The topological polar surface area (TPSA) is 39.2 Å². The number of carbonyl (C=O) groups excluding carboxylic acids is 1. The third-order valence-corrected chi connectivity index (χ3v) is 2.45. The van der Waals surface area contributed by atoms with E-state index in [1.165, 1.54) is 6.20 Å². The Morgan fingerprint density at radius 3 is 2.24 bits per heavy atom. The monoisotopic (exact) mass is 257 g/mol. The smallest absolute Gasteiger partial charge is 0.339 e. The van der Waals surface area contributed by atoms with Crippen LogP contribution in [0.15, 0.2) is 24.5 Å². The van der Waals surface area contributed by atoms with Crippen molar-refractivity contribution in [1.82, 2.24) is 4.98 Å². The lowest BCUT2D eigenvalue weighted by atomic mass is 9.96. The van der Waals surface area contributed by atoms with Crippen LogP contribution < -0.4 is 0 Å². The number of carbonyl (C=O) groups is 1. The summed E-state index contributed by atoms with van der Waals surface area (Å²) in [6.07, 6.45) is 3.12. The van der Waals surface area contributed by atoms with E-state index in [9.17, 15) is 4.79 Å². The molecule has 0 bridgehead atoms. The van der Waals surface area contributed by atoms with Gasteiger partial charge < -0.3 is 4.74 Å². The fourth-order valence-electron chi connectivity index (χ4n) is 1.72. The van der Waals surface area contributed by atoms with E-state index in [-0.39, 0.29) is 24.5 Å². The molecule has 1 heterocycles. The van der Waals surface area contributed by atoms with E-state index in [4.69, 9.17) is 4.74 Å². The average molecular weight is 258 g/mol. The molecule has 0 aromatic carbocycles. The van der Waals surface area contributed by atoms with Gasteiger partial charge in [0.05, 0.1) is 5.56 Å². The van der Waals surface area contributed by atoms with E-state index in [2.05, 4.69) is 32.7 Å². The van der Waals surface area contributed by atoms with E-state index in [1.54, 1.807) is 18.3 Å². The highest BCUT2D eigenvalue weighted by atomic mass is 35.5. The van der Waals surface area contributed by atoms with Gasteiger partial charge in [-0.25, -0.2) is 4.79 Å². The number of halogens is 1. The van der Waals surface area contributed by atoms with Crippen LogP contribution in [0.4, 0.5) is 0 Å². The molecule has 1 aromatic rings. The molecule has 0 radical (unpaired) electrons. The number of nitrogens with zero attached hydrogens (tertiary/aromatic N) is 1. The van der Waals surface area contributed by atoms with Crippen molar-refractivity contribution in [2.24, 2.45) is 11.8 Å². The predicted octanol–water partition coefficient (Wildman–Crippen LogP) is 3.34. The van der Waals surface area contributed by atoms with E-state index < -0.39 is 0 Å². The van der Waals surface area contributed by atoms with Gasteiger partial charge in [0.1, 0.15) is 6.10 Å². The van der Waals surface area contributed by atoms with Crippen LogP contribution in [-0.4, -0.2) is 17.1 Å². The normalized spacial score (nSPS) is 10.5. The third kappa shape index (κ3) is 4.73. The summed E-state index contributed by atoms with van der Waals surface area (Å²) in [5.41, 5.74) is 0.508. The number of rotatable bonds is 4. The lowest BCUT2D eigenvalue weighted by molar-refractivity contribution is 0.00320. The lowest BCUT2D eigenvalue weighted by Crippen LogP contribution is -2.28. The van der Waals surface area contributed by atoms with Crippen molar-refractivity contribution >= 4 is 18.4 Å². The molecule has 1 aromatic heterocycles. The Balaban J connectivity index is 0.00000256. The number of esters is 1. The van der Waals surface area contributed by atoms with Crippen LogP contribution in [0.3, 0.4) is 0 Å². The summed E-state index contributed by atoms with van der Waals surface area (Å²) in [5, 5.41) is 0. The molecule has 0 unspecified atom stereocenters. The maximum atomic E-state index is 11.8. The van der Waals surface area contributed by atoms with Gasteiger partial charge in [0.25, 0.3) is 0 Å². The van der Waals surface area contributed by atoms with Gasteiger partial charge in [0.2, 0.25) is 0 Å². The Labute approximate surface area is 109 Å². The van der Waals surface area contributed by atoms with E-state index in [0.29, 0.717) is 17.4 Å². The van der Waals surface area contributed by atoms with Gasteiger partial charge in [0, 0.05) is 12.4 Å². The second kappa shape index (κ2) is 7.28. The van der Waals surface area contributed by atoms with Crippen LogP contribution >= 0.6 is 12.4 Å². The van der Waals surface area contributed by atoms with Crippen LogP contribution in [0, 0.1) is 11.8 Å².